The number of likely N-dealkylation sites (tertiary alicyclic amines) is 1. The molecule has 4 nitrogen and oxygen atoms in total. The van der Waals surface area contributed by atoms with E-state index in [-0.39, 0.29) is 11.1 Å². The number of pyridine rings is 1. The minimum absolute atomic E-state index is 0.165. The smallest absolute Gasteiger partial charge is 0.262 e. The third-order valence-corrected chi connectivity index (χ3v) is 7.90. The first kappa shape index (κ1) is 18.0. The Labute approximate surface area is 177 Å². The molecule has 5 heteroatoms. The van der Waals surface area contributed by atoms with Crippen LogP contribution in [-0.4, -0.2) is 22.1 Å². The van der Waals surface area contributed by atoms with Gasteiger partial charge in [-0.25, -0.2) is 0 Å². The minimum Gasteiger partial charge on any atom is -0.283 e. The SMILES string of the molecule is CC[C@@H]1CCCN1Cn1c(=O)c2ccc3sc4ccccc4c4ccc(c1=O)c2c34. The summed E-state index contributed by atoms with van der Waals surface area (Å²) >= 11 is 1.72. The maximum Gasteiger partial charge on any atom is 0.262 e. The highest BCUT2D eigenvalue weighted by Crippen LogP contribution is 2.39. The van der Waals surface area contributed by atoms with Gasteiger partial charge in [-0.1, -0.05) is 31.2 Å². The molecule has 30 heavy (non-hydrogen) atoms. The van der Waals surface area contributed by atoms with Gasteiger partial charge in [0.25, 0.3) is 11.1 Å². The molecule has 5 aromatic rings. The van der Waals surface area contributed by atoms with E-state index in [1.807, 2.05) is 30.3 Å². The summed E-state index contributed by atoms with van der Waals surface area (Å²) in [6.45, 7) is 3.51. The topological polar surface area (TPSA) is 42.3 Å². The Morgan fingerprint density at radius 3 is 2.40 bits per heavy atom. The lowest BCUT2D eigenvalue weighted by atomic mass is 9.98. The van der Waals surface area contributed by atoms with Crippen molar-refractivity contribution < 1.29 is 0 Å². The van der Waals surface area contributed by atoms with E-state index in [1.165, 1.54) is 14.7 Å². The third kappa shape index (κ3) is 2.42. The van der Waals surface area contributed by atoms with Gasteiger partial charge in [0.2, 0.25) is 0 Å². The first-order chi connectivity index (χ1) is 14.7. The van der Waals surface area contributed by atoms with Crippen molar-refractivity contribution >= 4 is 53.1 Å². The highest BCUT2D eigenvalue weighted by molar-refractivity contribution is 7.25. The van der Waals surface area contributed by atoms with Crippen molar-refractivity contribution in [3.63, 3.8) is 0 Å². The highest BCUT2D eigenvalue weighted by Gasteiger charge is 2.25. The van der Waals surface area contributed by atoms with Gasteiger partial charge in [-0.3, -0.25) is 19.1 Å². The van der Waals surface area contributed by atoms with Crippen LogP contribution in [0.1, 0.15) is 26.2 Å². The van der Waals surface area contributed by atoms with Gasteiger partial charge in [0.15, 0.2) is 0 Å². The fourth-order valence-electron chi connectivity index (χ4n) is 5.26. The Morgan fingerprint density at radius 2 is 1.60 bits per heavy atom. The molecule has 1 fully saturated rings. The van der Waals surface area contributed by atoms with E-state index in [0.29, 0.717) is 23.5 Å². The minimum atomic E-state index is -0.165. The summed E-state index contributed by atoms with van der Waals surface area (Å²) in [6.07, 6.45) is 3.32. The maximum atomic E-state index is 13.4. The molecule has 150 valence electrons. The Balaban J connectivity index is 1.68. The van der Waals surface area contributed by atoms with Crippen molar-refractivity contribution in [3.8, 4) is 0 Å². The van der Waals surface area contributed by atoms with Crippen LogP contribution in [0.4, 0.5) is 0 Å². The summed E-state index contributed by atoms with van der Waals surface area (Å²) in [4.78, 5) is 29.2. The van der Waals surface area contributed by atoms with Crippen molar-refractivity contribution in [1.29, 1.82) is 0 Å². The molecule has 0 amide bonds. The first-order valence-electron chi connectivity index (χ1n) is 10.6. The highest BCUT2D eigenvalue weighted by atomic mass is 32.1. The van der Waals surface area contributed by atoms with Crippen molar-refractivity contribution in [2.75, 3.05) is 6.54 Å². The van der Waals surface area contributed by atoms with Crippen molar-refractivity contribution in [1.82, 2.24) is 9.47 Å². The quantitative estimate of drug-likeness (QED) is 0.303. The zero-order valence-corrected chi connectivity index (χ0v) is 17.7. The zero-order chi connectivity index (χ0) is 20.4. The fourth-order valence-corrected chi connectivity index (χ4v) is 6.39. The van der Waals surface area contributed by atoms with Crippen LogP contribution in [0.2, 0.25) is 0 Å². The van der Waals surface area contributed by atoms with Gasteiger partial charge in [0.05, 0.1) is 6.67 Å². The summed E-state index contributed by atoms with van der Waals surface area (Å²) in [5.41, 5.74) is -0.330. The van der Waals surface area contributed by atoms with Crippen LogP contribution in [0, 0.1) is 0 Å². The summed E-state index contributed by atoms with van der Waals surface area (Å²) in [5.74, 6) is 0. The molecule has 6 rings (SSSR count). The molecule has 3 heterocycles. The molecule has 1 aliphatic rings. The largest absolute Gasteiger partial charge is 0.283 e. The molecule has 0 bridgehead atoms. The number of fused-ring (bicyclic) bond motifs is 2. The van der Waals surface area contributed by atoms with E-state index in [2.05, 4.69) is 30.0 Å². The van der Waals surface area contributed by atoms with Crippen LogP contribution in [0.25, 0.3) is 41.7 Å². The molecule has 2 aromatic heterocycles. The maximum absolute atomic E-state index is 13.4. The predicted molar refractivity (Wildman–Crippen MR) is 126 cm³/mol. The average Bonchev–Trinajstić information content (AvgIpc) is 3.23. The van der Waals surface area contributed by atoms with Crippen LogP contribution in [0.3, 0.4) is 0 Å². The molecule has 1 saturated heterocycles. The molecule has 0 saturated carbocycles. The third-order valence-electron chi connectivity index (χ3n) is 6.76. The number of nitrogens with zero attached hydrogens (tertiary/aromatic N) is 2. The van der Waals surface area contributed by atoms with E-state index in [0.717, 1.165) is 46.7 Å². The number of hydrogen-bond acceptors (Lipinski definition) is 4. The van der Waals surface area contributed by atoms with Gasteiger partial charge < -0.3 is 0 Å². The normalized spacial score (nSPS) is 17.8. The summed E-state index contributed by atoms with van der Waals surface area (Å²) in [7, 11) is 0. The Morgan fingerprint density at radius 1 is 0.867 bits per heavy atom. The number of benzene rings is 3. The van der Waals surface area contributed by atoms with Gasteiger partial charge in [0.1, 0.15) is 0 Å². The van der Waals surface area contributed by atoms with Gasteiger partial charge >= 0.3 is 0 Å². The van der Waals surface area contributed by atoms with Crippen LogP contribution < -0.4 is 11.1 Å². The van der Waals surface area contributed by atoms with E-state index >= 15 is 0 Å². The molecule has 0 N–H and O–H groups in total. The van der Waals surface area contributed by atoms with Gasteiger partial charge in [-0.15, -0.1) is 11.3 Å². The molecule has 0 radical (unpaired) electrons. The van der Waals surface area contributed by atoms with Gasteiger partial charge in [-0.2, -0.15) is 0 Å². The Hall–Kier alpha value is -2.76. The van der Waals surface area contributed by atoms with E-state index < -0.39 is 0 Å². The van der Waals surface area contributed by atoms with Crippen LogP contribution in [-0.2, 0) is 6.67 Å². The van der Waals surface area contributed by atoms with E-state index in [4.69, 9.17) is 0 Å². The van der Waals surface area contributed by atoms with Crippen molar-refractivity contribution in [3.05, 3.63) is 69.2 Å². The van der Waals surface area contributed by atoms with Crippen LogP contribution in [0.15, 0.2) is 58.1 Å². The lowest BCUT2D eigenvalue weighted by molar-refractivity contribution is 0.192. The number of aromatic nitrogens is 1. The second-order valence-electron chi connectivity index (χ2n) is 8.32. The predicted octanol–water partition coefficient (Wildman–Crippen LogP) is 5.15. The second kappa shape index (κ2) is 6.62. The zero-order valence-electron chi connectivity index (χ0n) is 16.9. The molecular weight excluding hydrogens is 392 g/mol. The first-order valence-corrected chi connectivity index (χ1v) is 11.5. The molecule has 0 unspecified atom stereocenters. The Bertz CT molecular complexity index is 1520. The molecule has 1 aliphatic heterocycles. The Kier molecular flexibility index (Phi) is 3.98. The van der Waals surface area contributed by atoms with E-state index in [1.54, 1.807) is 11.3 Å². The van der Waals surface area contributed by atoms with Crippen molar-refractivity contribution in [2.24, 2.45) is 0 Å². The monoisotopic (exact) mass is 414 g/mol. The fraction of sp³-hybridized carbons (Fsp3) is 0.280. The molecule has 0 aliphatic carbocycles. The lowest BCUT2D eigenvalue weighted by Crippen LogP contribution is -2.41. The molecule has 3 aromatic carbocycles. The summed E-state index contributed by atoms with van der Waals surface area (Å²) in [5, 5.41) is 5.45. The molecular formula is C25H22N2O2S. The molecule has 1 atom stereocenters. The van der Waals surface area contributed by atoms with Gasteiger partial charge in [0, 0.05) is 43.5 Å². The van der Waals surface area contributed by atoms with E-state index in [9.17, 15) is 9.59 Å². The van der Waals surface area contributed by atoms with Crippen molar-refractivity contribution in [2.45, 2.75) is 38.9 Å². The van der Waals surface area contributed by atoms with Crippen LogP contribution in [0.5, 0.6) is 0 Å². The lowest BCUT2D eigenvalue weighted by Gasteiger charge is -2.24. The van der Waals surface area contributed by atoms with Gasteiger partial charge in [-0.05, 0) is 54.3 Å². The second-order valence-corrected chi connectivity index (χ2v) is 9.40. The molecule has 0 spiro atoms. The number of rotatable bonds is 3. The van der Waals surface area contributed by atoms with Crippen LogP contribution >= 0.6 is 11.3 Å². The average molecular weight is 415 g/mol. The summed E-state index contributed by atoms with van der Waals surface area (Å²) < 4.78 is 3.78. The standard InChI is InChI=1S/C25H22N2O2S/c1-2-15-6-5-13-26(15)14-27-24(28)18-10-9-17-16-7-3-4-8-20(16)30-21-12-11-19(25(27)29)22(18)23(17)21/h3-4,7-12,15H,2,5-6,13-14H2,1H3/t15-/m1/s1. The number of hydrogen-bond donors (Lipinski definition) is 0. The summed E-state index contributed by atoms with van der Waals surface area (Å²) in [6, 6.07) is 16.7.